The van der Waals surface area contributed by atoms with Crippen LogP contribution in [0.5, 0.6) is 11.5 Å². The Bertz CT molecular complexity index is 915. The fourth-order valence-electron chi connectivity index (χ4n) is 2.16. The lowest BCUT2D eigenvalue weighted by molar-refractivity contribution is -0.142. The first-order chi connectivity index (χ1) is 13.3. The van der Waals surface area contributed by atoms with E-state index >= 15 is 0 Å². The number of hydrogen-bond acceptors (Lipinski definition) is 5. The lowest BCUT2D eigenvalue weighted by atomic mass is 10.2. The lowest BCUT2D eigenvalue weighted by Gasteiger charge is -2.10. The Labute approximate surface area is 176 Å². The van der Waals surface area contributed by atoms with E-state index in [1.165, 1.54) is 32.4 Å². The smallest absolute Gasteiger partial charge is 0.331 e. The Morgan fingerprint density at radius 1 is 1.04 bits per heavy atom. The second-order valence-electron chi connectivity index (χ2n) is 5.35. The average molecular weight is 445 g/mol. The number of hydrogen-bond donors (Lipinski definition) is 1. The summed E-state index contributed by atoms with van der Waals surface area (Å²) < 4.78 is 15.2. The summed E-state index contributed by atoms with van der Waals surface area (Å²) in [6.07, 6.45) is 2.64. The molecule has 0 bridgehead atoms. The van der Waals surface area contributed by atoms with Crippen molar-refractivity contribution < 1.29 is 23.8 Å². The van der Waals surface area contributed by atoms with Crippen molar-refractivity contribution in [1.29, 1.82) is 0 Å². The van der Waals surface area contributed by atoms with E-state index in [1.807, 2.05) is 0 Å². The second kappa shape index (κ2) is 10.2. The number of amides is 1. The Hall–Kier alpha value is -2.41. The van der Waals surface area contributed by atoms with Gasteiger partial charge in [0, 0.05) is 11.1 Å². The molecule has 0 aliphatic rings. The monoisotopic (exact) mass is 443 g/mol. The zero-order valence-electron chi connectivity index (χ0n) is 14.9. The molecule has 0 aromatic heterocycles. The van der Waals surface area contributed by atoms with Gasteiger partial charge < -0.3 is 19.5 Å². The summed E-state index contributed by atoms with van der Waals surface area (Å²) in [4.78, 5) is 23.7. The summed E-state index contributed by atoms with van der Waals surface area (Å²) in [5, 5.41) is 3.57. The van der Waals surface area contributed by atoms with Crippen molar-refractivity contribution in [2.75, 3.05) is 26.1 Å². The van der Waals surface area contributed by atoms with E-state index in [0.29, 0.717) is 32.8 Å². The number of carbonyl (C=O) groups excluding carboxylic acids is 2. The van der Waals surface area contributed by atoms with Gasteiger partial charge in [0.15, 0.2) is 18.1 Å². The van der Waals surface area contributed by atoms with Crippen LogP contribution in [0.4, 0.5) is 5.69 Å². The zero-order chi connectivity index (χ0) is 20.7. The van der Waals surface area contributed by atoms with Gasteiger partial charge in [-0.25, -0.2) is 4.79 Å². The predicted molar refractivity (Wildman–Crippen MR) is 110 cm³/mol. The zero-order valence-corrected chi connectivity index (χ0v) is 17.2. The molecule has 6 nitrogen and oxygen atoms in total. The van der Waals surface area contributed by atoms with Crippen LogP contribution < -0.4 is 14.8 Å². The van der Waals surface area contributed by atoms with Crippen LogP contribution in [0.3, 0.4) is 0 Å². The third-order valence-corrected chi connectivity index (χ3v) is 4.25. The first-order valence-electron chi connectivity index (χ1n) is 7.85. The van der Waals surface area contributed by atoms with Crippen molar-refractivity contribution in [3.63, 3.8) is 0 Å². The van der Waals surface area contributed by atoms with Gasteiger partial charge in [0.2, 0.25) is 0 Å². The van der Waals surface area contributed by atoms with Gasteiger partial charge in [-0.05, 0) is 42.0 Å². The molecule has 0 spiro atoms. The van der Waals surface area contributed by atoms with Crippen molar-refractivity contribution in [3.8, 4) is 11.5 Å². The van der Waals surface area contributed by atoms with Gasteiger partial charge in [0.25, 0.3) is 5.91 Å². The molecule has 0 radical (unpaired) electrons. The molecule has 2 aromatic carbocycles. The van der Waals surface area contributed by atoms with Gasteiger partial charge in [0.05, 0.1) is 30.0 Å². The topological polar surface area (TPSA) is 73.9 Å². The van der Waals surface area contributed by atoms with E-state index in [9.17, 15) is 9.59 Å². The number of rotatable bonds is 7. The standard InChI is InChI=1S/C19H16Cl3NO5/c1-26-16-8-11(7-14(22)19(16)27-2)3-6-18(25)28-10-17(24)23-15-5-4-12(20)9-13(15)21/h3-9H,10H2,1-2H3,(H,23,24)/b6-3+. The molecule has 0 atom stereocenters. The van der Waals surface area contributed by atoms with Crippen molar-refractivity contribution in [2.45, 2.75) is 0 Å². The highest BCUT2D eigenvalue weighted by molar-refractivity contribution is 6.36. The van der Waals surface area contributed by atoms with Crippen LogP contribution in [0.2, 0.25) is 15.1 Å². The SMILES string of the molecule is COc1cc(/C=C/C(=O)OCC(=O)Nc2ccc(Cl)cc2Cl)cc(Cl)c1OC. The molecule has 9 heteroatoms. The highest BCUT2D eigenvalue weighted by Gasteiger charge is 2.11. The Kier molecular flexibility index (Phi) is 7.99. The molecule has 0 heterocycles. The molecule has 148 valence electrons. The fraction of sp³-hybridized carbons (Fsp3) is 0.158. The predicted octanol–water partition coefficient (Wildman–Crippen LogP) is 4.86. The Balaban J connectivity index is 1.93. The molecule has 0 unspecified atom stereocenters. The molecule has 0 saturated carbocycles. The third kappa shape index (κ3) is 6.05. The first kappa shape index (κ1) is 21.9. The Morgan fingerprint density at radius 2 is 1.79 bits per heavy atom. The van der Waals surface area contributed by atoms with Crippen LogP contribution in [0.15, 0.2) is 36.4 Å². The molecule has 0 aliphatic carbocycles. The number of carbonyl (C=O) groups is 2. The van der Waals surface area contributed by atoms with E-state index < -0.39 is 18.5 Å². The molecule has 1 N–H and O–H groups in total. The summed E-state index contributed by atoms with van der Waals surface area (Å²) in [6.45, 7) is -0.477. The summed E-state index contributed by atoms with van der Waals surface area (Å²) in [5.41, 5.74) is 0.958. The Morgan fingerprint density at radius 3 is 2.43 bits per heavy atom. The van der Waals surface area contributed by atoms with Crippen molar-refractivity contribution >= 4 is 58.4 Å². The quantitative estimate of drug-likeness (QED) is 0.488. The van der Waals surface area contributed by atoms with Crippen molar-refractivity contribution in [2.24, 2.45) is 0 Å². The maximum atomic E-state index is 11.9. The maximum absolute atomic E-state index is 11.9. The van der Waals surface area contributed by atoms with E-state index in [1.54, 1.807) is 24.3 Å². The number of methoxy groups -OCH3 is 2. The van der Waals surface area contributed by atoms with Gasteiger partial charge >= 0.3 is 5.97 Å². The summed E-state index contributed by atoms with van der Waals surface area (Å²) in [6, 6.07) is 7.85. The van der Waals surface area contributed by atoms with Crippen LogP contribution in [-0.2, 0) is 14.3 Å². The first-order valence-corrected chi connectivity index (χ1v) is 8.98. The molecule has 2 rings (SSSR count). The normalized spacial score (nSPS) is 10.6. The molecule has 1 amide bonds. The lowest BCUT2D eigenvalue weighted by Crippen LogP contribution is -2.20. The fourth-order valence-corrected chi connectivity index (χ4v) is 2.91. The summed E-state index contributed by atoms with van der Waals surface area (Å²) >= 11 is 17.9. The molecule has 2 aromatic rings. The van der Waals surface area contributed by atoms with Crippen molar-refractivity contribution in [1.82, 2.24) is 0 Å². The van der Waals surface area contributed by atoms with E-state index in [-0.39, 0.29) is 5.02 Å². The summed E-state index contributed by atoms with van der Waals surface area (Å²) in [7, 11) is 2.94. The largest absolute Gasteiger partial charge is 0.493 e. The van der Waals surface area contributed by atoms with Crippen LogP contribution in [0, 0.1) is 0 Å². The van der Waals surface area contributed by atoms with Crippen LogP contribution in [0.1, 0.15) is 5.56 Å². The number of benzene rings is 2. The molecular formula is C19H16Cl3NO5. The minimum atomic E-state index is -0.705. The van der Waals surface area contributed by atoms with Gasteiger partial charge in [0.1, 0.15) is 0 Å². The van der Waals surface area contributed by atoms with Crippen LogP contribution >= 0.6 is 34.8 Å². The van der Waals surface area contributed by atoms with E-state index in [0.717, 1.165) is 0 Å². The van der Waals surface area contributed by atoms with Crippen LogP contribution in [-0.4, -0.2) is 32.7 Å². The van der Waals surface area contributed by atoms with E-state index in [2.05, 4.69) is 5.32 Å². The van der Waals surface area contributed by atoms with Crippen molar-refractivity contribution in [3.05, 3.63) is 57.0 Å². The average Bonchev–Trinajstić information content (AvgIpc) is 2.66. The highest BCUT2D eigenvalue weighted by Crippen LogP contribution is 2.36. The number of ether oxygens (including phenoxy) is 3. The van der Waals surface area contributed by atoms with Crippen LogP contribution in [0.25, 0.3) is 6.08 Å². The number of anilines is 1. The number of esters is 1. The molecular weight excluding hydrogens is 429 g/mol. The van der Waals surface area contributed by atoms with Gasteiger partial charge in [-0.15, -0.1) is 0 Å². The third-order valence-electron chi connectivity index (χ3n) is 3.42. The molecule has 0 saturated heterocycles. The number of nitrogens with one attached hydrogen (secondary N) is 1. The molecule has 0 aliphatic heterocycles. The van der Waals surface area contributed by atoms with Gasteiger partial charge in [-0.3, -0.25) is 4.79 Å². The molecule has 28 heavy (non-hydrogen) atoms. The highest BCUT2D eigenvalue weighted by atomic mass is 35.5. The number of halogens is 3. The van der Waals surface area contributed by atoms with E-state index in [4.69, 9.17) is 49.0 Å². The summed E-state index contributed by atoms with van der Waals surface area (Å²) in [5.74, 6) is -0.438. The minimum Gasteiger partial charge on any atom is -0.493 e. The second-order valence-corrected chi connectivity index (χ2v) is 6.60. The van der Waals surface area contributed by atoms with Gasteiger partial charge in [-0.1, -0.05) is 34.8 Å². The maximum Gasteiger partial charge on any atom is 0.331 e. The minimum absolute atomic E-state index is 0.275. The molecule has 0 fully saturated rings. The van der Waals surface area contributed by atoms with Gasteiger partial charge in [-0.2, -0.15) is 0 Å².